The Labute approximate surface area is 197 Å². The van der Waals surface area contributed by atoms with Crippen LogP contribution < -0.4 is 15.5 Å². The van der Waals surface area contributed by atoms with Crippen molar-refractivity contribution in [2.45, 2.75) is 45.6 Å². The van der Waals surface area contributed by atoms with E-state index in [0.29, 0.717) is 6.04 Å². The fourth-order valence-corrected chi connectivity index (χ4v) is 4.39. The van der Waals surface area contributed by atoms with E-state index < -0.39 is 0 Å². The van der Waals surface area contributed by atoms with Crippen molar-refractivity contribution >= 4 is 47.4 Å². The van der Waals surface area contributed by atoms with Crippen LogP contribution in [0.4, 0.5) is 5.82 Å². The van der Waals surface area contributed by atoms with Crippen molar-refractivity contribution in [3.05, 3.63) is 23.4 Å². The van der Waals surface area contributed by atoms with Crippen molar-refractivity contribution in [3.63, 3.8) is 0 Å². The second-order valence-electron chi connectivity index (χ2n) is 7.81. The predicted octanol–water partition coefficient (Wildman–Crippen LogP) is 3.61. The fourth-order valence-electron chi connectivity index (χ4n) is 4.14. The van der Waals surface area contributed by atoms with E-state index in [-0.39, 0.29) is 24.0 Å². The minimum Gasteiger partial charge on any atom is -0.357 e. The average Bonchev–Trinajstić information content (AvgIpc) is 3.17. The lowest BCUT2D eigenvalue weighted by Gasteiger charge is -2.30. The van der Waals surface area contributed by atoms with Gasteiger partial charge in [0.15, 0.2) is 5.96 Å². The summed E-state index contributed by atoms with van der Waals surface area (Å²) in [6.07, 6.45) is 6.69. The Morgan fingerprint density at radius 3 is 2.72 bits per heavy atom. The minimum absolute atomic E-state index is 0. The molecule has 1 aromatic rings. The molecule has 0 radical (unpaired) electrons. The normalized spacial score (nSPS) is 21.1. The van der Waals surface area contributed by atoms with E-state index in [1.165, 1.54) is 38.9 Å². The molecule has 3 rings (SSSR count). The maximum Gasteiger partial charge on any atom is 0.191 e. The largest absolute Gasteiger partial charge is 0.357 e. The summed E-state index contributed by atoms with van der Waals surface area (Å²) < 4.78 is 0. The molecule has 1 unspecified atom stereocenters. The van der Waals surface area contributed by atoms with Crippen molar-refractivity contribution in [1.82, 2.24) is 20.5 Å². The molecule has 2 fully saturated rings. The van der Waals surface area contributed by atoms with E-state index in [1.54, 1.807) is 6.20 Å². The van der Waals surface area contributed by atoms with E-state index in [9.17, 15) is 0 Å². The molecule has 1 aromatic heterocycles. The standard InChI is InChI=1S/C21H35ClN6.HI/c1-3-23-21(25-12-7-17-8-13-27(4-2)14-9-17)26-18-10-15-28(16-18)20-19(22)6-5-11-24-20;/h5-6,11,17-18H,3-4,7-10,12-16H2,1-2H3,(H2,23,25,26);1H. The lowest BCUT2D eigenvalue weighted by Crippen LogP contribution is -2.44. The van der Waals surface area contributed by atoms with Crippen molar-refractivity contribution in [1.29, 1.82) is 0 Å². The van der Waals surface area contributed by atoms with Crippen LogP contribution in [-0.2, 0) is 0 Å². The molecule has 0 amide bonds. The monoisotopic (exact) mass is 534 g/mol. The maximum absolute atomic E-state index is 6.30. The Morgan fingerprint density at radius 1 is 1.24 bits per heavy atom. The number of likely N-dealkylation sites (tertiary alicyclic amines) is 1. The third kappa shape index (κ3) is 7.43. The smallest absolute Gasteiger partial charge is 0.191 e. The molecule has 3 heterocycles. The van der Waals surface area contributed by atoms with Crippen LogP contribution in [0.15, 0.2) is 23.3 Å². The Kier molecular flexibility index (Phi) is 10.8. The molecule has 2 saturated heterocycles. The third-order valence-corrected chi connectivity index (χ3v) is 6.17. The number of halogens is 2. The highest BCUT2D eigenvalue weighted by Crippen LogP contribution is 2.25. The molecule has 1 atom stereocenters. The molecule has 0 aliphatic carbocycles. The summed E-state index contributed by atoms with van der Waals surface area (Å²) >= 11 is 6.30. The summed E-state index contributed by atoms with van der Waals surface area (Å²) in [5.74, 6) is 2.64. The number of aromatic nitrogens is 1. The first-order valence-corrected chi connectivity index (χ1v) is 11.2. The van der Waals surface area contributed by atoms with E-state index in [4.69, 9.17) is 16.6 Å². The first kappa shape index (κ1) is 24.5. The molecule has 29 heavy (non-hydrogen) atoms. The summed E-state index contributed by atoms with van der Waals surface area (Å²) in [6, 6.07) is 4.14. The molecule has 6 nitrogen and oxygen atoms in total. The molecule has 0 bridgehead atoms. The van der Waals surface area contributed by atoms with Crippen molar-refractivity contribution in [2.75, 3.05) is 50.7 Å². The minimum atomic E-state index is 0. The van der Waals surface area contributed by atoms with Crippen LogP contribution in [0.2, 0.25) is 5.02 Å². The maximum atomic E-state index is 6.30. The van der Waals surface area contributed by atoms with Crippen LogP contribution in [0.3, 0.4) is 0 Å². The lowest BCUT2D eigenvalue weighted by atomic mass is 9.94. The van der Waals surface area contributed by atoms with Crippen LogP contribution in [0.25, 0.3) is 0 Å². The Balaban J connectivity index is 0.00000300. The zero-order valence-electron chi connectivity index (χ0n) is 17.7. The van der Waals surface area contributed by atoms with Gasteiger partial charge in [0, 0.05) is 38.4 Å². The molecular weight excluding hydrogens is 499 g/mol. The van der Waals surface area contributed by atoms with Gasteiger partial charge in [-0.05, 0) is 70.3 Å². The van der Waals surface area contributed by atoms with Gasteiger partial charge in [0.25, 0.3) is 0 Å². The number of nitrogens with zero attached hydrogens (tertiary/aromatic N) is 4. The van der Waals surface area contributed by atoms with E-state index >= 15 is 0 Å². The lowest BCUT2D eigenvalue weighted by molar-refractivity contribution is 0.188. The van der Waals surface area contributed by atoms with Crippen LogP contribution in [-0.4, -0.2) is 67.7 Å². The van der Waals surface area contributed by atoms with Crippen molar-refractivity contribution in [2.24, 2.45) is 10.9 Å². The van der Waals surface area contributed by atoms with Gasteiger partial charge < -0.3 is 20.4 Å². The first-order valence-electron chi connectivity index (χ1n) is 10.8. The number of pyridine rings is 1. The highest BCUT2D eigenvalue weighted by Gasteiger charge is 2.25. The van der Waals surface area contributed by atoms with Gasteiger partial charge in [0.2, 0.25) is 0 Å². The van der Waals surface area contributed by atoms with Crippen molar-refractivity contribution in [3.8, 4) is 0 Å². The molecule has 0 saturated carbocycles. The van der Waals surface area contributed by atoms with Gasteiger partial charge in [-0.3, -0.25) is 4.99 Å². The summed E-state index contributed by atoms with van der Waals surface area (Å²) in [5.41, 5.74) is 0. The molecule has 164 valence electrons. The molecule has 0 aromatic carbocycles. The van der Waals surface area contributed by atoms with Crippen LogP contribution >= 0.6 is 35.6 Å². The average molecular weight is 535 g/mol. The molecule has 2 aliphatic rings. The Morgan fingerprint density at radius 2 is 2.03 bits per heavy atom. The van der Waals surface area contributed by atoms with Gasteiger partial charge >= 0.3 is 0 Å². The number of hydrogen-bond donors (Lipinski definition) is 2. The predicted molar refractivity (Wildman–Crippen MR) is 134 cm³/mol. The van der Waals surface area contributed by atoms with Crippen molar-refractivity contribution < 1.29 is 0 Å². The molecular formula is C21H36ClIN6. The summed E-state index contributed by atoms with van der Waals surface area (Å²) in [5, 5.41) is 7.73. The SMILES string of the molecule is CCNC(=NCCC1CCN(CC)CC1)NC1CCN(c2ncccc2Cl)C1.I. The number of nitrogens with one attached hydrogen (secondary N) is 2. The van der Waals surface area contributed by atoms with Gasteiger partial charge in [-0.15, -0.1) is 24.0 Å². The number of piperidine rings is 1. The molecule has 8 heteroatoms. The summed E-state index contributed by atoms with van der Waals surface area (Å²) in [7, 11) is 0. The van der Waals surface area contributed by atoms with Gasteiger partial charge in [-0.25, -0.2) is 4.98 Å². The highest BCUT2D eigenvalue weighted by molar-refractivity contribution is 14.0. The second kappa shape index (κ2) is 12.8. The quantitative estimate of drug-likeness (QED) is 0.318. The van der Waals surface area contributed by atoms with E-state index in [0.717, 1.165) is 55.3 Å². The zero-order chi connectivity index (χ0) is 19.8. The zero-order valence-corrected chi connectivity index (χ0v) is 20.8. The first-order chi connectivity index (χ1) is 13.7. The van der Waals surface area contributed by atoms with Crippen LogP contribution in [0, 0.1) is 5.92 Å². The summed E-state index contributed by atoms with van der Waals surface area (Å²) in [4.78, 5) is 14.1. The van der Waals surface area contributed by atoms with Gasteiger partial charge in [-0.2, -0.15) is 0 Å². The number of anilines is 1. The topological polar surface area (TPSA) is 55.8 Å². The fraction of sp³-hybridized carbons (Fsp3) is 0.714. The van der Waals surface area contributed by atoms with Gasteiger partial charge in [0.1, 0.15) is 5.82 Å². The molecule has 0 spiro atoms. The third-order valence-electron chi connectivity index (χ3n) is 5.87. The molecule has 2 aliphatic heterocycles. The Bertz CT molecular complexity index is 635. The van der Waals surface area contributed by atoms with E-state index in [2.05, 4.69) is 39.3 Å². The van der Waals surface area contributed by atoms with Crippen LogP contribution in [0.1, 0.15) is 39.5 Å². The second-order valence-corrected chi connectivity index (χ2v) is 8.22. The molecule has 2 N–H and O–H groups in total. The number of aliphatic imine (C=N–C) groups is 1. The highest BCUT2D eigenvalue weighted by atomic mass is 127. The number of guanidine groups is 1. The number of rotatable bonds is 7. The van der Waals surface area contributed by atoms with Crippen LogP contribution in [0.5, 0.6) is 0 Å². The van der Waals surface area contributed by atoms with Gasteiger partial charge in [-0.1, -0.05) is 18.5 Å². The van der Waals surface area contributed by atoms with E-state index in [1.807, 2.05) is 12.1 Å². The van der Waals surface area contributed by atoms with Gasteiger partial charge in [0.05, 0.1) is 5.02 Å². The Hall–Kier alpha value is -0.800. The number of hydrogen-bond acceptors (Lipinski definition) is 4. The summed E-state index contributed by atoms with van der Waals surface area (Å²) in [6.45, 7) is 11.7.